The number of aliphatic carboxylic acids is 1. The van der Waals surface area contributed by atoms with E-state index in [0.29, 0.717) is 24.1 Å². The van der Waals surface area contributed by atoms with Crippen molar-refractivity contribution in [2.75, 3.05) is 0 Å². The lowest BCUT2D eigenvalue weighted by atomic mass is 10.2. The molecule has 1 aromatic carbocycles. The van der Waals surface area contributed by atoms with Gasteiger partial charge in [0, 0.05) is 12.3 Å². The Kier molecular flexibility index (Phi) is 5.28. The van der Waals surface area contributed by atoms with Crippen molar-refractivity contribution in [2.45, 2.75) is 25.6 Å². The predicted octanol–water partition coefficient (Wildman–Crippen LogP) is 4.13. The first-order valence-corrected chi connectivity index (χ1v) is 7.00. The molecular formula is C16H14F3NO4. The van der Waals surface area contributed by atoms with E-state index in [9.17, 15) is 18.0 Å². The molecule has 1 heterocycles. The molecule has 24 heavy (non-hydrogen) atoms. The van der Waals surface area contributed by atoms with Crippen molar-refractivity contribution in [1.82, 2.24) is 4.98 Å². The molecule has 0 bridgehead atoms. The van der Waals surface area contributed by atoms with Crippen LogP contribution < -0.4 is 9.47 Å². The van der Waals surface area contributed by atoms with E-state index in [-0.39, 0.29) is 5.88 Å². The summed E-state index contributed by atoms with van der Waals surface area (Å²) in [6, 6.07) is 8.01. The van der Waals surface area contributed by atoms with Crippen LogP contribution in [0.15, 0.2) is 42.6 Å². The molecule has 1 atom stereocenters. The molecule has 128 valence electrons. The lowest BCUT2D eigenvalue weighted by Crippen LogP contribution is -2.25. The fourth-order valence-corrected chi connectivity index (χ4v) is 1.79. The largest absolute Gasteiger partial charge is 0.479 e. The molecule has 0 radical (unpaired) electrons. The number of ether oxygens (including phenoxy) is 2. The molecule has 0 saturated heterocycles. The van der Waals surface area contributed by atoms with Gasteiger partial charge in [0.2, 0.25) is 5.88 Å². The number of aromatic nitrogens is 1. The van der Waals surface area contributed by atoms with Crippen molar-refractivity contribution in [3.63, 3.8) is 0 Å². The van der Waals surface area contributed by atoms with Crippen LogP contribution in [0.3, 0.4) is 0 Å². The van der Waals surface area contributed by atoms with Crippen molar-refractivity contribution >= 4 is 5.97 Å². The number of nitrogens with zero attached hydrogens (tertiary/aromatic N) is 1. The molecule has 0 saturated carbocycles. The number of carboxylic acid groups (broad SMARTS) is 1. The van der Waals surface area contributed by atoms with Gasteiger partial charge in [-0.25, -0.2) is 9.78 Å². The van der Waals surface area contributed by atoms with Gasteiger partial charge < -0.3 is 14.6 Å². The molecule has 0 amide bonds. The van der Waals surface area contributed by atoms with E-state index >= 15 is 0 Å². The Hall–Kier alpha value is -2.77. The molecule has 2 rings (SSSR count). The topological polar surface area (TPSA) is 68.7 Å². The number of halogens is 3. The van der Waals surface area contributed by atoms with Crippen LogP contribution in [0.1, 0.15) is 18.9 Å². The summed E-state index contributed by atoms with van der Waals surface area (Å²) < 4.78 is 48.0. The van der Waals surface area contributed by atoms with E-state index in [1.807, 2.05) is 0 Å². The van der Waals surface area contributed by atoms with Crippen molar-refractivity contribution in [3.05, 3.63) is 48.2 Å². The summed E-state index contributed by atoms with van der Waals surface area (Å²) in [5.74, 6) is -0.379. The maximum absolute atomic E-state index is 12.4. The van der Waals surface area contributed by atoms with Gasteiger partial charge in [-0.2, -0.15) is 13.2 Å². The summed E-state index contributed by atoms with van der Waals surface area (Å²) in [5, 5.41) is 8.93. The van der Waals surface area contributed by atoms with Crippen LogP contribution in [-0.4, -0.2) is 22.2 Å². The Labute approximate surface area is 135 Å². The van der Waals surface area contributed by atoms with E-state index in [0.717, 1.165) is 12.1 Å². The van der Waals surface area contributed by atoms with Crippen LogP contribution in [0.2, 0.25) is 0 Å². The Morgan fingerprint density at radius 3 is 2.25 bits per heavy atom. The minimum Gasteiger partial charge on any atom is -0.479 e. The van der Waals surface area contributed by atoms with Gasteiger partial charge in [0.1, 0.15) is 11.5 Å². The highest BCUT2D eigenvalue weighted by Gasteiger charge is 2.30. The molecule has 2 aromatic rings. The van der Waals surface area contributed by atoms with Crippen LogP contribution in [0.5, 0.6) is 17.4 Å². The third-order valence-electron chi connectivity index (χ3n) is 3.03. The first-order valence-electron chi connectivity index (χ1n) is 7.00. The van der Waals surface area contributed by atoms with Crippen molar-refractivity contribution in [1.29, 1.82) is 0 Å². The molecule has 1 N–H and O–H groups in total. The number of hydrogen-bond acceptors (Lipinski definition) is 4. The summed E-state index contributed by atoms with van der Waals surface area (Å²) in [4.78, 5) is 14.5. The average molecular weight is 341 g/mol. The molecule has 1 aromatic heterocycles. The first-order chi connectivity index (χ1) is 11.3. The van der Waals surface area contributed by atoms with Crippen molar-refractivity contribution < 1.29 is 32.5 Å². The second kappa shape index (κ2) is 7.20. The third-order valence-corrected chi connectivity index (χ3v) is 3.03. The Bertz CT molecular complexity index is 684. The van der Waals surface area contributed by atoms with Gasteiger partial charge in [0.05, 0.1) is 5.56 Å². The van der Waals surface area contributed by atoms with E-state index < -0.39 is 23.8 Å². The van der Waals surface area contributed by atoms with Crippen LogP contribution in [0.4, 0.5) is 13.2 Å². The maximum atomic E-state index is 12.4. The number of rotatable bonds is 6. The standard InChI is InChI=1S/C16H14F3NO4/c1-2-13(15(21)22)23-11-4-6-12(7-5-11)24-14-8-3-10(9-20-14)16(17,18)19/h3-9,13H,2H2,1H3,(H,21,22). The number of hydrogen-bond donors (Lipinski definition) is 1. The normalized spacial score (nSPS) is 12.5. The Balaban J connectivity index is 2.02. The minimum atomic E-state index is -4.45. The van der Waals surface area contributed by atoms with Crippen LogP contribution in [0, 0.1) is 0 Å². The molecule has 0 aliphatic carbocycles. The second-order valence-corrected chi connectivity index (χ2v) is 4.81. The number of carbonyl (C=O) groups is 1. The number of carboxylic acids is 1. The maximum Gasteiger partial charge on any atom is 0.417 e. The van der Waals surface area contributed by atoms with Gasteiger partial charge in [0.15, 0.2) is 6.10 Å². The fraction of sp³-hybridized carbons (Fsp3) is 0.250. The fourth-order valence-electron chi connectivity index (χ4n) is 1.79. The smallest absolute Gasteiger partial charge is 0.417 e. The summed E-state index contributed by atoms with van der Waals surface area (Å²) in [6.45, 7) is 1.69. The van der Waals surface area contributed by atoms with Crippen molar-refractivity contribution in [3.8, 4) is 17.4 Å². The summed E-state index contributed by atoms with van der Waals surface area (Å²) in [7, 11) is 0. The van der Waals surface area contributed by atoms with Crippen LogP contribution >= 0.6 is 0 Å². The summed E-state index contributed by atoms with van der Waals surface area (Å²) >= 11 is 0. The highest BCUT2D eigenvalue weighted by molar-refractivity contribution is 5.72. The SMILES string of the molecule is CCC(Oc1ccc(Oc2ccc(C(F)(F)F)cn2)cc1)C(=O)O. The minimum absolute atomic E-state index is 0.00800. The highest BCUT2D eigenvalue weighted by atomic mass is 19.4. The molecular weight excluding hydrogens is 327 g/mol. The molecule has 0 aliphatic rings. The molecule has 1 unspecified atom stereocenters. The number of benzene rings is 1. The molecule has 8 heteroatoms. The number of alkyl halides is 3. The van der Waals surface area contributed by atoms with Gasteiger partial charge in [-0.15, -0.1) is 0 Å². The van der Waals surface area contributed by atoms with E-state index in [2.05, 4.69) is 4.98 Å². The van der Waals surface area contributed by atoms with Gasteiger partial charge in [-0.05, 0) is 36.8 Å². The molecule has 0 fully saturated rings. The average Bonchev–Trinajstić information content (AvgIpc) is 2.53. The quantitative estimate of drug-likeness (QED) is 0.855. The lowest BCUT2D eigenvalue weighted by molar-refractivity contribution is -0.145. The molecule has 0 spiro atoms. The Morgan fingerprint density at radius 1 is 1.17 bits per heavy atom. The zero-order valence-corrected chi connectivity index (χ0v) is 12.6. The van der Waals surface area contributed by atoms with E-state index in [1.165, 1.54) is 24.3 Å². The Morgan fingerprint density at radius 2 is 1.79 bits per heavy atom. The predicted molar refractivity (Wildman–Crippen MR) is 78.1 cm³/mol. The van der Waals surface area contributed by atoms with Gasteiger partial charge in [-0.1, -0.05) is 6.92 Å². The van der Waals surface area contributed by atoms with E-state index in [1.54, 1.807) is 6.92 Å². The van der Waals surface area contributed by atoms with Gasteiger partial charge >= 0.3 is 12.1 Å². The van der Waals surface area contributed by atoms with Crippen LogP contribution in [0.25, 0.3) is 0 Å². The molecule has 5 nitrogen and oxygen atoms in total. The van der Waals surface area contributed by atoms with Crippen molar-refractivity contribution in [2.24, 2.45) is 0 Å². The third kappa shape index (κ3) is 4.61. The van der Waals surface area contributed by atoms with E-state index in [4.69, 9.17) is 14.6 Å². The monoisotopic (exact) mass is 341 g/mol. The summed E-state index contributed by atoms with van der Waals surface area (Å²) in [5.41, 5.74) is -0.863. The highest BCUT2D eigenvalue weighted by Crippen LogP contribution is 2.30. The van der Waals surface area contributed by atoms with Gasteiger partial charge in [0.25, 0.3) is 0 Å². The number of pyridine rings is 1. The second-order valence-electron chi connectivity index (χ2n) is 4.81. The zero-order valence-electron chi connectivity index (χ0n) is 12.6. The first kappa shape index (κ1) is 17.6. The zero-order chi connectivity index (χ0) is 17.7. The lowest BCUT2D eigenvalue weighted by Gasteiger charge is -2.13. The molecule has 0 aliphatic heterocycles. The van der Waals surface area contributed by atoms with Gasteiger partial charge in [-0.3, -0.25) is 0 Å². The summed E-state index contributed by atoms with van der Waals surface area (Å²) in [6.07, 6.45) is -4.41. The van der Waals surface area contributed by atoms with Crippen LogP contribution in [-0.2, 0) is 11.0 Å².